The van der Waals surface area contributed by atoms with Gasteiger partial charge in [0.1, 0.15) is 0 Å². The molecular formula is C16H22N2S. The first-order valence-corrected chi connectivity index (χ1v) is 7.89. The topological polar surface area (TPSA) is 29.3 Å². The van der Waals surface area contributed by atoms with Crippen LogP contribution in [0.25, 0.3) is 10.1 Å². The lowest BCUT2D eigenvalue weighted by Crippen LogP contribution is -2.33. The summed E-state index contributed by atoms with van der Waals surface area (Å²) in [6, 6.07) is 9.03. The summed E-state index contributed by atoms with van der Waals surface area (Å²) in [5, 5.41) is 3.68. The third-order valence-electron chi connectivity index (χ3n) is 4.24. The first-order valence-electron chi connectivity index (χ1n) is 7.01. The molecule has 1 fully saturated rings. The molecule has 1 aliphatic heterocycles. The summed E-state index contributed by atoms with van der Waals surface area (Å²) in [6.07, 6.45) is 1.27. The number of fused-ring (bicyclic) bond motifs is 1. The molecule has 0 bridgehead atoms. The molecule has 1 unspecified atom stereocenters. The molecule has 2 nitrogen and oxygen atoms in total. The van der Waals surface area contributed by atoms with Gasteiger partial charge in [0, 0.05) is 23.8 Å². The second kappa shape index (κ2) is 4.89. The van der Waals surface area contributed by atoms with Crippen LogP contribution in [0.4, 0.5) is 0 Å². The highest BCUT2D eigenvalue weighted by molar-refractivity contribution is 7.17. The zero-order valence-corrected chi connectivity index (χ0v) is 12.5. The molecule has 2 heterocycles. The van der Waals surface area contributed by atoms with Gasteiger partial charge in [-0.2, -0.15) is 0 Å². The summed E-state index contributed by atoms with van der Waals surface area (Å²) in [5.74, 6) is 0. The smallest absolute Gasteiger partial charge is 0.0485 e. The van der Waals surface area contributed by atoms with Gasteiger partial charge in [-0.05, 0) is 40.8 Å². The van der Waals surface area contributed by atoms with E-state index in [-0.39, 0.29) is 0 Å². The fourth-order valence-corrected chi connectivity index (χ4v) is 4.16. The molecule has 0 spiro atoms. The van der Waals surface area contributed by atoms with Crippen molar-refractivity contribution in [3.05, 3.63) is 35.2 Å². The van der Waals surface area contributed by atoms with Crippen molar-refractivity contribution < 1.29 is 0 Å². The molecule has 3 heteroatoms. The van der Waals surface area contributed by atoms with Gasteiger partial charge in [-0.15, -0.1) is 11.3 Å². The highest BCUT2D eigenvalue weighted by Crippen LogP contribution is 2.38. The van der Waals surface area contributed by atoms with Crippen molar-refractivity contribution in [2.75, 3.05) is 19.6 Å². The Kier molecular flexibility index (Phi) is 3.37. The third kappa shape index (κ3) is 2.42. The number of nitrogens with zero attached hydrogens (tertiary/aromatic N) is 1. The van der Waals surface area contributed by atoms with Crippen molar-refractivity contribution >= 4 is 21.4 Å². The molecule has 1 aliphatic rings. The van der Waals surface area contributed by atoms with Crippen LogP contribution in [0.15, 0.2) is 29.6 Å². The number of rotatable bonds is 3. The quantitative estimate of drug-likeness (QED) is 0.926. The Hall–Kier alpha value is -0.900. The molecule has 3 rings (SSSR count). The summed E-state index contributed by atoms with van der Waals surface area (Å²) in [4.78, 5) is 2.56. The highest BCUT2D eigenvalue weighted by Gasteiger charge is 2.34. The Morgan fingerprint density at radius 3 is 2.84 bits per heavy atom. The molecule has 102 valence electrons. The Morgan fingerprint density at radius 1 is 1.37 bits per heavy atom. The highest BCUT2D eigenvalue weighted by atomic mass is 32.1. The first kappa shape index (κ1) is 13.1. The van der Waals surface area contributed by atoms with E-state index in [9.17, 15) is 0 Å². The number of nitrogens with two attached hydrogens (primary N) is 1. The van der Waals surface area contributed by atoms with Gasteiger partial charge in [-0.25, -0.2) is 0 Å². The number of benzene rings is 1. The number of likely N-dealkylation sites (tertiary alicyclic amines) is 1. The van der Waals surface area contributed by atoms with E-state index < -0.39 is 0 Å². The predicted molar refractivity (Wildman–Crippen MR) is 83.6 cm³/mol. The number of hydrogen-bond acceptors (Lipinski definition) is 3. The molecule has 0 radical (unpaired) electrons. The van der Waals surface area contributed by atoms with Crippen LogP contribution in [0.5, 0.6) is 0 Å². The maximum atomic E-state index is 6.09. The molecule has 1 aromatic heterocycles. The van der Waals surface area contributed by atoms with E-state index >= 15 is 0 Å². The van der Waals surface area contributed by atoms with Crippen LogP contribution in [0, 0.1) is 5.41 Å². The van der Waals surface area contributed by atoms with Crippen molar-refractivity contribution in [1.82, 2.24) is 4.90 Å². The van der Waals surface area contributed by atoms with E-state index in [4.69, 9.17) is 5.73 Å². The van der Waals surface area contributed by atoms with Crippen molar-refractivity contribution in [3.8, 4) is 0 Å². The maximum absolute atomic E-state index is 6.09. The zero-order chi connectivity index (χ0) is 13.5. The standard InChI is InChI=1S/C16H22N2S/c1-16(2)7-8-18(11-16)14(9-17)13-10-19-15-6-4-3-5-12(13)15/h3-6,10,14H,7-9,11,17H2,1-2H3. The molecule has 1 saturated heterocycles. The number of hydrogen-bond donors (Lipinski definition) is 1. The van der Waals surface area contributed by atoms with Gasteiger partial charge in [0.25, 0.3) is 0 Å². The first-order chi connectivity index (χ1) is 9.11. The van der Waals surface area contributed by atoms with Crippen LogP contribution in [0.3, 0.4) is 0 Å². The summed E-state index contributed by atoms with van der Waals surface area (Å²) in [7, 11) is 0. The van der Waals surface area contributed by atoms with Crippen molar-refractivity contribution in [3.63, 3.8) is 0 Å². The molecular weight excluding hydrogens is 252 g/mol. The predicted octanol–water partition coefficient (Wildman–Crippen LogP) is 3.63. The van der Waals surface area contributed by atoms with Gasteiger partial charge in [-0.3, -0.25) is 4.90 Å². The van der Waals surface area contributed by atoms with Crippen LogP contribution in [0.1, 0.15) is 31.9 Å². The third-order valence-corrected chi connectivity index (χ3v) is 5.22. The van der Waals surface area contributed by atoms with Gasteiger partial charge in [-0.1, -0.05) is 32.0 Å². The monoisotopic (exact) mass is 274 g/mol. The largest absolute Gasteiger partial charge is 0.329 e. The minimum absolute atomic E-state index is 0.373. The molecule has 2 aromatic rings. The summed E-state index contributed by atoms with van der Waals surface area (Å²) in [5.41, 5.74) is 7.93. The van der Waals surface area contributed by atoms with Gasteiger partial charge in [0.2, 0.25) is 0 Å². The van der Waals surface area contributed by atoms with Gasteiger partial charge in [0.05, 0.1) is 0 Å². The lowest BCUT2D eigenvalue weighted by molar-refractivity contribution is 0.225. The van der Waals surface area contributed by atoms with Crippen LogP contribution < -0.4 is 5.73 Å². The Bertz CT molecular complexity index is 573. The van der Waals surface area contributed by atoms with Gasteiger partial charge in [0.15, 0.2) is 0 Å². The van der Waals surface area contributed by atoms with Crippen molar-refractivity contribution in [2.45, 2.75) is 26.3 Å². The SMILES string of the molecule is CC1(C)CCN(C(CN)c2csc3ccccc23)C1. The van der Waals surface area contributed by atoms with E-state index in [0.717, 1.165) is 6.54 Å². The Morgan fingerprint density at radius 2 is 2.16 bits per heavy atom. The minimum atomic E-state index is 0.373. The average molecular weight is 274 g/mol. The molecule has 1 aromatic carbocycles. The average Bonchev–Trinajstić information content (AvgIpc) is 2.95. The molecule has 0 aliphatic carbocycles. The Labute approximate surface area is 119 Å². The Balaban J connectivity index is 1.94. The lowest BCUT2D eigenvalue weighted by Gasteiger charge is -2.28. The van der Waals surface area contributed by atoms with Crippen molar-refractivity contribution in [1.29, 1.82) is 0 Å². The molecule has 0 saturated carbocycles. The summed E-state index contributed by atoms with van der Waals surface area (Å²) < 4.78 is 1.37. The number of thiophene rings is 1. The fourth-order valence-electron chi connectivity index (χ4n) is 3.15. The van der Waals surface area contributed by atoms with Crippen LogP contribution in [0.2, 0.25) is 0 Å². The van der Waals surface area contributed by atoms with Crippen molar-refractivity contribution in [2.24, 2.45) is 11.1 Å². The maximum Gasteiger partial charge on any atom is 0.0485 e. The normalized spacial score (nSPS) is 21.0. The van der Waals surface area contributed by atoms with E-state index in [0.29, 0.717) is 18.0 Å². The summed E-state index contributed by atoms with van der Waals surface area (Å²) >= 11 is 1.83. The zero-order valence-electron chi connectivity index (χ0n) is 11.7. The van der Waals surface area contributed by atoms with E-state index in [1.54, 1.807) is 0 Å². The van der Waals surface area contributed by atoms with Gasteiger partial charge >= 0.3 is 0 Å². The second-order valence-electron chi connectivity index (χ2n) is 6.32. The molecule has 19 heavy (non-hydrogen) atoms. The molecule has 2 N–H and O–H groups in total. The summed E-state index contributed by atoms with van der Waals surface area (Å²) in [6.45, 7) is 7.73. The second-order valence-corrected chi connectivity index (χ2v) is 7.23. The lowest BCUT2D eigenvalue weighted by atomic mass is 9.93. The van der Waals surface area contributed by atoms with Crippen LogP contribution >= 0.6 is 11.3 Å². The van der Waals surface area contributed by atoms with E-state index in [1.165, 1.54) is 28.6 Å². The van der Waals surface area contributed by atoms with Crippen LogP contribution in [-0.4, -0.2) is 24.5 Å². The van der Waals surface area contributed by atoms with Gasteiger partial charge < -0.3 is 5.73 Å². The molecule has 1 atom stereocenters. The van der Waals surface area contributed by atoms with E-state index in [2.05, 4.69) is 48.4 Å². The molecule has 0 amide bonds. The van der Waals surface area contributed by atoms with E-state index in [1.807, 2.05) is 11.3 Å². The minimum Gasteiger partial charge on any atom is -0.329 e. The van der Waals surface area contributed by atoms with Crippen LogP contribution in [-0.2, 0) is 0 Å². The fraction of sp³-hybridized carbons (Fsp3) is 0.500.